The summed E-state index contributed by atoms with van der Waals surface area (Å²) in [6.45, 7) is 3.48. The summed E-state index contributed by atoms with van der Waals surface area (Å²) in [6, 6.07) is 0. The van der Waals surface area contributed by atoms with Crippen LogP contribution >= 0.6 is 7.82 Å². The van der Waals surface area contributed by atoms with Crippen LogP contribution in [0.25, 0.3) is 0 Å². The molecule has 0 amide bonds. The minimum atomic E-state index is -4.67. The molecule has 0 spiro atoms. The average Bonchev–Trinajstić information content (AvgIpc) is 3.18. The monoisotopic (exact) mass is 864 g/mol. The number of esters is 2. The van der Waals surface area contributed by atoms with Crippen LogP contribution in [0.5, 0.6) is 0 Å². The van der Waals surface area contributed by atoms with Crippen LogP contribution in [-0.4, -0.2) is 92.5 Å². The smallest absolute Gasteiger partial charge is 0.306 e. The van der Waals surface area contributed by atoms with Crippen molar-refractivity contribution < 1.29 is 52.3 Å². The Morgan fingerprint density at radius 2 is 1.23 bits per heavy atom. The summed E-state index contributed by atoms with van der Waals surface area (Å²) in [5.74, 6) is -0.994. The maximum absolute atomic E-state index is 12.7. The quantitative estimate of drug-likeness (QED) is 0.0153. The number of hydrogen-bond acceptors (Lipinski definition) is 10. The number of quaternary nitrogens is 1. The van der Waals surface area contributed by atoms with Gasteiger partial charge in [-0.15, -0.1) is 0 Å². The summed E-state index contributed by atoms with van der Waals surface area (Å²) in [7, 11) is 1.05. The first-order valence-electron chi connectivity index (χ1n) is 22.5. The lowest BCUT2D eigenvalue weighted by atomic mass is 10.1. The van der Waals surface area contributed by atoms with E-state index in [0.29, 0.717) is 36.7 Å². The second-order valence-electron chi connectivity index (χ2n) is 16.2. The number of allylic oxidation sites excluding steroid dienone is 11. The minimum Gasteiger partial charge on any atom is -0.756 e. The van der Waals surface area contributed by atoms with Crippen molar-refractivity contribution in [3.63, 3.8) is 0 Å². The Morgan fingerprint density at radius 3 is 1.90 bits per heavy atom. The Bertz CT molecular complexity index is 1330. The Morgan fingerprint density at radius 1 is 0.650 bits per heavy atom. The van der Waals surface area contributed by atoms with Crippen molar-refractivity contribution in [2.45, 2.75) is 161 Å². The van der Waals surface area contributed by atoms with Crippen molar-refractivity contribution in [2.75, 3.05) is 47.5 Å². The van der Waals surface area contributed by atoms with Crippen molar-refractivity contribution in [1.29, 1.82) is 0 Å². The highest BCUT2D eigenvalue weighted by Crippen LogP contribution is 2.38. The van der Waals surface area contributed by atoms with Crippen LogP contribution in [0.3, 0.4) is 0 Å². The summed E-state index contributed by atoms with van der Waals surface area (Å²) in [5, 5.41) is 19.2. The molecule has 0 heterocycles. The standard InChI is InChI=1S/C48H82NO10P/c1-6-7-8-9-10-11-12-13-14-15-16-20-23-26-33-38-47(52)56-42-46(43-58-60(54,55)57-41-40-49(3,4)5)59-48(53)39-34-27-24-21-18-17-19-22-25-31-36-45(51)37-32-29-28-30-35-44(2)50/h13-14,17-18,22,24-25,27,29-32,35-36,44-46,50-51H,6-12,15-16,19-21,23,26,28,33-34,37-43H2,1-5H3/b14-13-,18-17+,25-22+,27-24+,32-29+,35-30-,36-31-. The molecule has 0 saturated heterocycles. The van der Waals surface area contributed by atoms with Crippen LogP contribution in [0.1, 0.15) is 142 Å². The molecule has 60 heavy (non-hydrogen) atoms. The normalized spacial score (nSPS) is 15.4. The molecule has 4 atom stereocenters. The van der Waals surface area contributed by atoms with E-state index in [1.54, 1.807) is 19.1 Å². The van der Waals surface area contributed by atoms with E-state index in [-0.39, 0.29) is 26.1 Å². The predicted molar refractivity (Wildman–Crippen MR) is 243 cm³/mol. The summed E-state index contributed by atoms with van der Waals surface area (Å²) < 4.78 is 33.7. The highest BCUT2D eigenvalue weighted by Gasteiger charge is 2.21. The lowest BCUT2D eigenvalue weighted by molar-refractivity contribution is -0.870. The molecule has 0 bridgehead atoms. The van der Waals surface area contributed by atoms with E-state index in [0.717, 1.165) is 51.4 Å². The third-order valence-electron chi connectivity index (χ3n) is 9.01. The first-order chi connectivity index (χ1) is 28.7. The van der Waals surface area contributed by atoms with E-state index in [4.69, 9.17) is 18.5 Å². The molecule has 0 aliphatic rings. The third kappa shape index (κ3) is 43.2. The Hall–Kier alpha value is -2.89. The zero-order valence-electron chi connectivity index (χ0n) is 37.8. The van der Waals surface area contributed by atoms with Gasteiger partial charge in [0, 0.05) is 12.8 Å². The van der Waals surface area contributed by atoms with E-state index in [1.807, 2.05) is 81.9 Å². The lowest BCUT2D eigenvalue weighted by Crippen LogP contribution is -2.37. The molecular formula is C48H82NO10P. The Kier molecular flexibility index (Phi) is 37.1. The number of aliphatic hydroxyl groups excluding tert-OH is 2. The number of aliphatic hydroxyl groups is 2. The first kappa shape index (κ1) is 57.1. The number of phosphoric acid groups is 1. The number of nitrogens with zero attached hydrogens (tertiary/aromatic N) is 1. The van der Waals surface area contributed by atoms with Crippen molar-refractivity contribution in [3.05, 3.63) is 85.1 Å². The molecule has 0 radical (unpaired) electrons. The first-order valence-corrected chi connectivity index (χ1v) is 23.9. The van der Waals surface area contributed by atoms with Crippen LogP contribution < -0.4 is 4.89 Å². The zero-order chi connectivity index (χ0) is 44.6. The number of phosphoric ester groups is 1. The third-order valence-corrected chi connectivity index (χ3v) is 9.97. The molecule has 0 aromatic rings. The van der Waals surface area contributed by atoms with Crippen molar-refractivity contribution in [2.24, 2.45) is 0 Å². The highest BCUT2D eigenvalue weighted by atomic mass is 31.2. The molecule has 11 nitrogen and oxygen atoms in total. The van der Waals surface area contributed by atoms with Crippen molar-refractivity contribution in [1.82, 2.24) is 0 Å². The largest absolute Gasteiger partial charge is 0.756 e. The van der Waals surface area contributed by atoms with Crippen molar-refractivity contribution >= 4 is 19.8 Å². The summed E-state index contributed by atoms with van der Waals surface area (Å²) in [6.07, 6.45) is 43.6. The van der Waals surface area contributed by atoms with Gasteiger partial charge in [0.15, 0.2) is 6.10 Å². The Balaban J connectivity index is 4.57. The van der Waals surface area contributed by atoms with Crippen LogP contribution in [0.4, 0.5) is 0 Å². The second kappa shape index (κ2) is 39.0. The number of carbonyl (C=O) groups excluding carboxylic acids is 2. The molecule has 2 N–H and O–H groups in total. The number of unbranched alkanes of at least 4 members (excludes halogenated alkanes) is 11. The van der Waals surface area contributed by atoms with Gasteiger partial charge in [0.2, 0.25) is 0 Å². The van der Waals surface area contributed by atoms with Gasteiger partial charge in [-0.1, -0.05) is 143 Å². The predicted octanol–water partition coefficient (Wildman–Crippen LogP) is 10.1. The van der Waals surface area contributed by atoms with E-state index in [2.05, 4.69) is 19.1 Å². The molecule has 0 fully saturated rings. The van der Waals surface area contributed by atoms with Gasteiger partial charge >= 0.3 is 11.9 Å². The number of hydrogen-bond donors (Lipinski definition) is 2. The summed E-state index contributed by atoms with van der Waals surface area (Å²) in [5.41, 5.74) is 0. The molecule has 0 aliphatic heterocycles. The minimum absolute atomic E-state index is 0.0609. The van der Waals surface area contributed by atoms with Gasteiger partial charge in [0.05, 0.1) is 40.0 Å². The fraction of sp³-hybridized carbons (Fsp3) is 0.667. The second-order valence-corrected chi connectivity index (χ2v) is 17.6. The average molecular weight is 864 g/mol. The topological polar surface area (TPSA) is 152 Å². The molecular weight excluding hydrogens is 781 g/mol. The van der Waals surface area contributed by atoms with Gasteiger partial charge in [-0.3, -0.25) is 14.2 Å². The van der Waals surface area contributed by atoms with Gasteiger partial charge < -0.3 is 38.1 Å². The summed E-state index contributed by atoms with van der Waals surface area (Å²) >= 11 is 0. The van der Waals surface area contributed by atoms with Gasteiger partial charge in [-0.2, -0.15) is 0 Å². The maximum atomic E-state index is 12.7. The molecule has 12 heteroatoms. The van der Waals surface area contributed by atoms with Crippen LogP contribution in [0.15, 0.2) is 85.1 Å². The molecule has 0 rings (SSSR count). The van der Waals surface area contributed by atoms with Gasteiger partial charge in [-0.05, 0) is 71.1 Å². The maximum Gasteiger partial charge on any atom is 0.306 e. The van der Waals surface area contributed by atoms with Gasteiger partial charge in [-0.25, -0.2) is 0 Å². The van der Waals surface area contributed by atoms with Crippen molar-refractivity contribution in [3.8, 4) is 0 Å². The van der Waals surface area contributed by atoms with Gasteiger partial charge in [0.1, 0.15) is 19.8 Å². The highest BCUT2D eigenvalue weighted by molar-refractivity contribution is 7.45. The number of carbonyl (C=O) groups is 2. The van der Waals surface area contributed by atoms with E-state index < -0.39 is 44.7 Å². The molecule has 0 aromatic carbocycles. The van der Waals surface area contributed by atoms with E-state index in [9.17, 15) is 29.3 Å². The molecule has 0 aliphatic carbocycles. The van der Waals surface area contributed by atoms with Crippen LogP contribution in [0.2, 0.25) is 0 Å². The van der Waals surface area contributed by atoms with E-state index >= 15 is 0 Å². The van der Waals surface area contributed by atoms with Crippen LogP contribution in [0, 0.1) is 0 Å². The number of rotatable bonds is 39. The molecule has 0 saturated carbocycles. The van der Waals surface area contributed by atoms with Crippen LogP contribution in [-0.2, 0) is 32.7 Å². The molecule has 344 valence electrons. The van der Waals surface area contributed by atoms with Gasteiger partial charge in [0.25, 0.3) is 7.82 Å². The fourth-order valence-corrected chi connectivity index (χ4v) is 6.20. The molecule has 4 unspecified atom stereocenters. The Labute approximate surface area is 364 Å². The van der Waals surface area contributed by atoms with E-state index in [1.165, 1.54) is 38.5 Å². The summed E-state index contributed by atoms with van der Waals surface area (Å²) in [4.78, 5) is 37.5. The lowest BCUT2D eigenvalue weighted by Gasteiger charge is -2.28. The zero-order valence-corrected chi connectivity index (χ0v) is 38.7. The fourth-order valence-electron chi connectivity index (χ4n) is 5.48. The number of ether oxygens (including phenoxy) is 2. The number of likely N-dealkylation sites (N-methyl/N-ethyl adjacent to an activating group) is 1. The molecule has 0 aromatic heterocycles. The SMILES string of the molecule is CCCCCCCC/C=C\CCCCCCCC(=O)OCC(COP(=O)([O-])OCC[N+](C)(C)C)OC(=O)CC/C=C/C/C=C/C/C=C/C=C\C(O)C/C=C/C/C=C\C(C)O.